The van der Waals surface area contributed by atoms with Gasteiger partial charge in [0.25, 0.3) is 0 Å². The normalized spacial score (nSPS) is 11.3. The van der Waals surface area contributed by atoms with Gasteiger partial charge in [0.2, 0.25) is 0 Å². The number of hydrogen-bond acceptors (Lipinski definition) is 1. The first-order chi connectivity index (χ1) is 6.35. The molecule has 0 aliphatic heterocycles. The average molecular weight is 244 g/mol. The number of hydrogen-bond donors (Lipinski definition) is 0. The smallest absolute Gasteiger partial charge is 0.448 e. The molecule has 1 heterocycles. The Bertz CT molecular complexity index is 335. The summed E-state index contributed by atoms with van der Waals surface area (Å²) in [5.74, 6) is 0. The minimum absolute atomic E-state index is 0. The van der Waals surface area contributed by atoms with Crippen LogP contribution in [0.5, 0.6) is 0 Å². The molecule has 0 radical (unpaired) electrons. The number of rotatable bonds is 3. The van der Waals surface area contributed by atoms with Crippen LogP contribution in [0.15, 0.2) is 0 Å². The van der Waals surface area contributed by atoms with Crippen molar-refractivity contribution >= 4 is 6.98 Å². The van der Waals surface area contributed by atoms with Gasteiger partial charge in [-0.1, -0.05) is 6.92 Å². The largest absolute Gasteiger partial charge is 1.00 e. The fraction of sp³-hybridized carbons (Fsp3) is 0.625. The molecule has 15 heavy (non-hydrogen) atoms. The maximum absolute atomic E-state index is 12.2. The molecule has 0 saturated heterocycles. The van der Waals surface area contributed by atoms with Gasteiger partial charge in [0.15, 0.2) is 0 Å². The molecule has 0 aliphatic carbocycles. The van der Waals surface area contributed by atoms with Crippen molar-refractivity contribution in [1.29, 1.82) is 0 Å². The molecule has 0 aromatic carbocycles. The van der Waals surface area contributed by atoms with Gasteiger partial charge in [0.05, 0.1) is 5.69 Å². The molecule has 7 heteroatoms. The van der Waals surface area contributed by atoms with E-state index in [1.807, 2.05) is 6.92 Å². The van der Waals surface area contributed by atoms with Crippen LogP contribution in [0.1, 0.15) is 23.9 Å². The minimum atomic E-state index is -4.81. The van der Waals surface area contributed by atoms with Crippen molar-refractivity contribution in [3.63, 3.8) is 0 Å². The molecule has 0 bridgehead atoms. The van der Waals surface area contributed by atoms with Crippen molar-refractivity contribution in [1.82, 2.24) is 9.78 Å². The molecule has 0 N–H and O–H groups in total. The number of nitrogens with zero attached hydrogens (tertiary/aromatic N) is 2. The van der Waals surface area contributed by atoms with Gasteiger partial charge in [-0.25, -0.2) is 0 Å². The fourth-order valence-corrected chi connectivity index (χ4v) is 1.62. The predicted molar refractivity (Wildman–Crippen MR) is 50.2 cm³/mol. The van der Waals surface area contributed by atoms with Crippen LogP contribution < -0.4 is 51.4 Å². The third kappa shape index (κ3) is 4.22. The van der Waals surface area contributed by atoms with E-state index in [4.69, 9.17) is 0 Å². The summed E-state index contributed by atoms with van der Waals surface area (Å²) in [6.45, 7) is 0.532. The monoisotopic (exact) mass is 244 g/mol. The Balaban J connectivity index is 0.00000196. The molecule has 1 aromatic heterocycles. The Morgan fingerprint density at radius 1 is 1.27 bits per heavy atom. The molecule has 80 valence electrons. The van der Waals surface area contributed by atoms with Crippen LogP contribution in [-0.2, 0) is 12.9 Å². The number of halogens is 3. The van der Waals surface area contributed by atoms with Crippen LogP contribution in [0, 0.1) is 13.8 Å². The van der Waals surface area contributed by atoms with E-state index in [1.165, 1.54) is 0 Å². The summed E-state index contributed by atoms with van der Waals surface area (Å²) >= 11 is 0. The molecule has 1 aromatic rings. The van der Waals surface area contributed by atoms with Crippen molar-refractivity contribution in [2.24, 2.45) is 0 Å². The van der Waals surface area contributed by atoms with Crippen LogP contribution in [0.2, 0.25) is 0 Å². The maximum Gasteiger partial charge on any atom is 1.00 e. The minimum Gasteiger partial charge on any atom is -0.448 e. The zero-order chi connectivity index (χ0) is 10.9. The van der Waals surface area contributed by atoms with Crippen LogP contribution in [0.4, 0.5) is 12.9 Å². The molecule has 0 amide bonds. The second kappa shape index (κ2) is 5.86. The van der Waals surface area contributed by atoms with Crippen molar-refractivity contribution < 1.29 is 64.3 Å². The van der Waals surface area contributed by atoms with E-state index in [2.05, 4.69) is 5.10 Å². The summed E-state index contributed by atoms with van der Waals surface area (Å²) in [5, 5.41) is 3.88. The predicted octanol–water partition coefficient (Wildman–Crippen LogP) is -0.547. The van der Waals surface area contributed by atoms with Gasteiger partial charge in [-0.3, -0.25) is 4.68 Å². The second-order valence-electron chi connectivity index (χ2n) is 3.40. The third-order valence-electron chi connectivity index (χ3n) is 2.26. The van der Waals surface area contributed by atoms with Crippen molar-refractivity contribution in [3.8, 4) is 0 Å². The molecule has 1 rings (SSSR count). The average Bonchev–Trinajstić information content (AvgIpc) is 2.24. The summed E-state index contributed by atoms with van der Waals surface area (Å²) in [5.41, 5.74) is 2.25. The quantitative estimate of drug-likeness (QED) is 0.652. The summed E-state index contributed by atoms with van der Waals surface area (Å²) in [6.07, 6.45) is -0.213. The van der Waals surface area contributed by atoms with Gasteiger partial charge in [0.1, 0.15) is 0 Å². The van der Waals surface area contributed by atoms with Crippen LogP contribution in [0.25, 0.3) is 0 Å². The summed E-state index contributed by atoms with van der Waals surface area (Å²) < 4.78 is 37.6. The van der Waals surface area contributed by atoms with E-state index in [-0.39, 0.29) is 51.4 Å². The first kappa shape index (κ1) is 15.7. The van der Waals surface area contributed by atoms with E-state index in [0.717, 1.165) is 16.7 Å². The molecule has 0 spiro atoms. The molecular formula is C8H13BF3KN2. The van der Waals surface area contributed by atoms with E-state index >= 15 is 0 Å². The van der Waals surface area contributed by atoms with Gasteiger partial charge < -0.3 is 12.9 Å². The zero-order valence-corrected chi connectivity index (χ0v) is 12.6. The van der Waals surface area contributed by atoms with E-state index in [1.54, 1.807) is 13.8 Å². The van der Waals surface area contributed by atoms with Gasteiger partial charge in [0, 0.05) is 12.1 Å². The molecule has 0 aliphatic rings. The molecule has 0 saturated carbocycles. The molecule has 0 fully saturated rings. The Hall–Kier alpha value is 0.701. The van der Waals surface area contributed by atoms with E-state index < -0.39 is 13.4 Å². The Labute approximate surface area is 130 Å². The maximum atomic E-state index is 12.2. The topological polar surface area (TPSA) is 17.8 Å². The first-order valence-corrected chi connectivity index (χ1v) is 4.59. The Morgan fingerprint density at radius 3 is 2.13 bits per heavy atom. The third-order valence-corrected chi connectivity index (χ3v) is 2.26. The summed E-state index contributed by atoms with van der Waals surface area (Å²) in [6, 6.07) is 0. The summed E-state index contributed by atoms with van der Waals surface area (Å²) in [4.78, 5) is 0. The first-order valence-electron chi connectivity index (χ1n) is 4.59. The van der Waals surface area contributed by atoms with Crippen molar-refractivity contribution in [2.75, 3.05) is 0 Å². The molecule has 0 atom stereocenters. The van der Waals surface area contributed by atoms with Gasteiger partial charge in [-0.05, 0) is 25.8 Å². The van der Waals surface area contributed by atoms with Gasteiger partial charge in [-0.15, -0.1) is 0 Å². The number of aromatic nitrogens is 2. The summed E-state index contributed by atoms with van der Waals surface area (Å²) in [7, 11) is 0. The second-order valence-corrected chi connectivity index (χ2v) is 3.40. The zero-order valence-electron chi connectivity index (χ0n) is 9.52. The van der Waals surface area contributed by atoms with Gasteiger partial charge >= 0.3 is 58.4 Å². The Morgan fingerprint density at radius 2 is 1.80 bits per heavy atom. The fourth-order valence-electron chi connectivity index (χ4n) is 1.62. The molecule has 2 nitrogen and oxygen atoms in total. The van der Waals surface area contributed by atoms with Crippen molar-refractivity contribution in [3.05, 3.63) is 17.0 Å². The van der Waals surface area contributed by atoms with Crippen LogP contribution >= 0.6 is 0 Å². The van der Waals surface area contributed by atoms with Crippen molar-refractivity contribution in [2.45, 2.75) is 33.6 Å². The van der Waals surface area contributed by atoms with Gasteiger partial charge in [-0.2, -0.15) is 5.10 Å². The Kier molecular flexibility index (Phi) is 6.13. The van der Waals surface area contributed by atoms with Crippen LogP contribution in [-0.4, -0.2) is 16.8 Å². The van der Waals surface area contributed by atoms with E-state index in [9.17, 15) is 12.9 Å². The van der Waals surface area contributed by atoms with Crippen LogP contribution in [0.3, 0.4) is 0 Å². The molecular weight excluding hydrogens is 231 g/mol. The van der Waals surface area contributed by atoms with E-state index in [0.29, 0.717) is 11.4 Å². The standard InChI is InChI=1S/C8H13BF3N2.K/c1-4-8-6(2)13-14(7(8)3)5-9(10,11)12;/h4-5H2,1-3H3;/q-1;+1. The molecule has 0 unspecified atom stereocenters. The SMILES string of the molecule is CCc1c(C)nn(C[B-](F)(F)F)c1C.[K+]. The number of aryl methyl sites for hydroxylation is 1.